The molecule has 0 atom stereocenters. The van der Waals surface area contributed by atoms with Gasteiger partial charge in [-0.1, -0.05) is 11.3 Å². The first-order chi connectivity index (χ1) is 11.6. The topological polar surface area (TPSA) is 93.6 Å². The van der Waals surface area contributed by atoms with E-state index in [1.807, 2.05) is 11.8 Å². The number of anilines is 2. The Morgan fingerprint density at radius 2 is 2.08 bits per heavy atom. The van der Waals surface area contributed by atoms with E-state index in [2.05, 4.69) is 15.3 Å². The van der Waals surface area contributed by atoms with Crippen LogP contribution in [-0.2, 0) is 9.47 Å². The Bertz CT molecular complexity index is 752. The molecule has 2 aromatic rings. The largest absolute Gasteiger partial charge is 0.465 e. The fourth-order valence-electron chi connectivity index (χ4n) is 2.15. The van der Waals surface area contributed by atoms with Gasteiger partial charge in [0.1, 0.15) is 5.69 Å². The van der Waals surface area contributed by atoms with E-state index in [4.69, 9.17) is 9.47 Å². The number of hydrogen-bond acceptors (Lipinski definition) is 9. The summed E-state index contributed by atoms with van der Waals surface area (Å²) in [5, 5.41) is 5.77. The van der Waals surface area contributed by atoms with E-state index in [9.17, 15) is 9.59 Å². The van der Waals surface area contributed by atoms with E-state index in [1.165, 1.54) is 29.8 Å². The molecule has 8 nitrogen and oxygen atoms in total. The van der Waals surface area contributed by atoms with Crippen LogP contribution in [0, 0.1) is 6.92 Å². The van der Waals surface area contributed by atoms with Crippen molar-refractivity contribution in [2.75, 3.05) is 43.6 Å². The van der Waals surface area contributed by atoms with Crippen LogP contribution in [0.25, 0.3) is 0 Å². The highest BCUT2D eigenvalue weighted by molar-refractivity contribution is 7.18. The molecule has 128 valence electrons. The molecule has 3 heterocycles. The molecule has 3 rings (SSSR count). The first kappa shape index (κ1) is 16.8. The number of carbonyl (C=O) groups excluding carboxylic acids is 2. The summed E-state index contributed by atoms with van der Waals surface area (Å²) in [6, 6.07) is 0. The lowest BCUT2D eigenvalue weighted by Gasteiger charge is -2.25. The minimum atomic E-state index is -0.531. The molecule has 0 unspecified atom stereocenters. The van der Waals surface area contributed by atoms with Gasteiger partial charge < -0.3 is 19.7 Å². The predicted molar refractivity (Wildman–Crippen MR) is 91.3 cm³/mol. The molecule has 1 aliphatic rings. The van der Waals surface area contributed by atoms with Crippen LogP contribution in [0.4, 0.5) is 10.9 Å². The summed E-state index contributed by atoms with van der Waals surface area (Å²) in [4.78, 5) is 35.1. The molecule has 0 aromatic carbocycles. The van der Waals surface area contributed by atoms with Crippen LogP contribution in [-0.4, -0.2) is 55.3 Å². The summed E-state index contributed by atoms with van der Waals surface area (Å²) in [6.07, 6.45) is 0. The summed E-state index contributed by atoms with van der Waals surface area (Å²) < 4.78 is 10.1. The van der Waals surface area contributed by atoms with Crippen LogP contribution in [0.3, 0.4) is 0 Å². The van der Waals surface area contributed by atoms with Gasteiger partial charge in [0.15, 0.2) is 15.8 Å². The minimum absolute atomic E-state index is 0.198. The van der Waals surface area contributed by atoms with E-state index >= 15 is 0 Å². The van der Waals surface area contributed by atoms with Gasteiger partial charge in [0.2, 0.25) is 0 Å². The Balaban J connectivity index is 1.85. The fourth-order valence-corrected chi connectivity index (χ4v) is 3.74. The molecule has 1 saturated heterocycles. The van der Waals surface area contributed by atoms with Gasteiger partial charge in [-0.25, -0.2) is 14.8 Å². The average molecular weight is 368 g/mol. The first-order valence-corrected chi connectivity index (χ1v) is 8.93. The highest BCUT2D eigenvalue weighted by Crippen LogP contribution is 2.31. The van der Waals surface area contributed by atoms with Crippen LogP contribution < -0.4 is 10.2 Å². The van der Waals surface area contributed by atoms with Crippen molar-refractivity contribution < 1.29 is 19.1 Å². The monoisotopic (exact) mass is 368 g/mol. The van der Waals surface area contributed by atoms with Crippen molar-refractivity contribution in [2.45, 2.75) is 6.92 Å². The highest BCUT2D eigenvalue weighted by atomic mass is 32.1. The van der Waals surface area contributed by atoms with Crippen LogP contribution in [0.15, 0.2) is 5.38 Å². The number of hydrogen-bond donors (Lipinski definition) is 1. The molecule has 10 heteroatoms. The van der Waals surface area contributed by atoms with Gasteiger partial charge in [0.25, 0.3) is 5.91 Å². The normalized spacial score (nSPS) is 14.5. The number of amides is 1. The average Bonchev–Trinajstić information content (AvgIpc) is 3.21. The van der Waals surface area contributed by atoms with Crippen molar-refractivity contribution in [3.8, 4) is 0 Å². The molecule has 0 bridgehead atoms. The van der Waals surface area contributed by atoms with E-state index in [-0.39, 0.29) is 10.7 Å². The number of methoxy groups -OCH3 is 1. The zero-order valence-corrected chi connectivity index (χ0v) is 14.8. The smallest absolute Gasteiger partial charge is 0.352 e. The third-order valence-electron chi connectivity index (χ3n) is 3.35. The molecule has 1 aliphatic heterocycles. The molecular weight excluding hydrogens is 352 g/mol. The van der Waals surface area contributed by atoms with Crippen LogP contribution in [0.5, 0.6) is 0 Å². The van der Waals surface area contributed by atoms with Gasteiger partial charge in [-0.15, -0.1) is 11.3 Å². The van der Waals surface area contributed by atoms with E-state index in [0.717, 1.165) is 5.01 Å². The SMILES string of the molecule is COC(=O)c1sc(N2CCOCC2)nc1NC(=O)c1csc(C)n1. The van der Waals surface area contributed by atoms with Crippen LogP contribution in [0.1, 0.15) is 25.2 Å². The van der Waals surface area contributed by atoms with Crippen molar-refractivity contribution in [3.05, 3.63) is 21.0 Å². The van der Waals surface area contributed by atoms with Gasteiger partial charge in [-0.3, -0.25) is 4.79 Å². The molecule has 1 amide bonds. The number of nitrogens with one attached hydrogen (secondary N) is 1. The maximum atomic E-state index is 12.3. The van der Waals surface area contributed by atoms with Gasteiger partial charge in [-0.05, 0) is 6.92 Å². The maximum absolute atomic E-state index is 12.3. The van der Waals surface area contributed by atoms with Crippen molar-refractivity contribution in [1.82, 2.24) is 9.97 Å². The van der Waals surface area contributed by atoms with Crippen molar-refractivity contribution in [1.29, 1.82) is 0 Å². The van der Waals surface area contributed by atoms with Crippen molar-refractivity contribution in [2.24, 2.45) is 0 Å². The number of aryl methyl sites for hydroxylation is 1. The quantitative estimate of drug-likeness (QED) is 0.822. The van der Waals surface area contributed by atoms with Gasteiger partial charge in [-0.2, -0.15) is 0 Å². The molecule has 0 radical (unpaired) electrons. The predicted octanol–water partition coefficient (Wildman–Crippen LogP) is 1.78. The maximum Gasteiger partial charge on any atom is 0.352 e. The van der Waals surface area contributed by atoms with Crippen molar-refractivity contribution in [3.63, 3.8) is 0 Å². The number of nitrogens with zero attached hydrogens (tertiary/aromatic N) is 3. The Morgan fingerprint density at radius 3 is 2.71 bits per heavy atom. The fraction of sp³-hybridized carbons (Fsp3) is 0.429. The summed E-state index contributed by atoms with van der Waals surface area (Å²) in [5.74, 6) is -0.732. The zero-order chi connectivity index (χ0) is 17.1. The second-order valence-corrected chi connectivity index (χ2v) is 7.01. The molecule has 1 fully saturated rings. The molecule has 0 spiro atoms. The van der Waals surface area contributed by atoms with Crippen LogP contribution in [0.2, 0.25) is 0 Å². The number of esters is 1. The molecule has 1 N–H and O–H groups in total. The number of aromatic nitrogens is 2. The molecular formula is C14H16N4O4S2. The summed E-state index contributed by atoms with van der Waals surface area (Å²) >= 11 is 2.58. The Kier molecular flexibility index (Phi) is 5.07. The number of carbonyl (C=O) groups is 2. The van der Waals surface area contributed by atoms with Crippen LogP contribution >= 0.6 is 22.7 Å². The summed E-state index contributed by atoms with van der Waals surface area (Å²) in [5.41, 5.74) is 0.300. The third kappa shape index (κ3) is 3.55. The number of thiazole rings is 2. The lowest BCUT2D eigenvalue weighted by Crippen LogP contribution is -2.36. The van der Waals surface area contributed by atoms with Gasteiger partial charge >= 0.3 is 5.97 Å². The number of rotatable bonds is 4. The Morgan fingerprint density at radius 1 is 1.33 bits per heavy atom. The zero-order valence-electron chi connectivity index (χ0n) is 13.2. The third-order valence-corrected chi connectivity index (χ3v) is 5.22. The lowest BCUT2D eigenvalue weighted by molar-refractivity contribution is 0.0607. The van der Waals surface area contributed by atoms with Gasteiger partial charge in [0.05, 0.1) is 25.3 Å². The van der Waals surface area contributed by atoms with E-state index < -0.39 is 11.9 Å². The second-order valence-electron chi connectivity index (χ2n) is 4.97. The van der Waals surface area contributed by atoms with E-state index in [0.29, 0.717) is 37.1 Å². The number of ether oxygens (including phenoxy) is 2. The lowest BCUT2D eigenvalue weighted by atomic mass is 10.4. The summed E-state index contributed by atoms with van der Waals surface area (Å²) in [6.45, 7) is 4.40. The Hall–Kier alpha value is -2.04. The van der Waals surface area contributed by atoms with Gasteiger partial charge in [0, 0.05) is 18.5 Å². The number of morpholine rings is 1. The highest BCUT2D eigenvalue weighted by Gasteiger charge is 2.25. The first-order valence-electron chi connectivity index (χ1n) is 7.24. The molecule has 2 aromatic heterocycles. The summed E-state index contributed by atoms with van der Waals surface area (Å²) in [7, 11) is 1.30. The minimum Gasteiger partial charge on any atom is -0.465 e. The Labute approximate surface area is 146 Å². The standard InChI is InChI=1S/C14H16N4O4S2/c1-8-15-9(7-23-8)12(19)16-11-10(13(20)21-2)24-14(17-11)18-3-5-22-6-4-18/h7H,3-6H2,1-2H3,(H,16,19). The van der Waals surface area contributed by atoms with E-state index in [1.54, 1.807) is 5.38 Å². The second kappa shape index (κ2) is 7.24. The van der Waals surface area contributed by atoms with Crippen molar-refractivity contribution >= 4 is 45.5 Å². The molecule has 0 saturated carbocycles. The molecule has 0 aliphatic carbocycles. The molecule has 24 heavy (non-hydrogen) atoms.